The summed E-state index contributed by atoms with van der Waals surface area (Å²) in [6.07, 6.45) is 1.08. The van der Waals surface area contributed by atoms with Gasteiger partial charge in [-0.05, 0) is 50.6 Å². The molecule has 0 aromatic heterocycles. The van der Waals surface area contributed by atoms with Crippen molar-refractivity contribution in [1.82, 2.24) is 10.2 Å². The molecular weight excluding hydrogens is 276 g/mol. The SMILES string of the molecule is CNCC1CCN(C(=O)c2ccc(C)c(OC)c2)C1.Cl. The van der Waals surface area contributed by atoms with E-state index >= 15 is 0 Å². The Morgan fingerprint density at radius 2 is 2.25 bits per heavy atom. The van der Waals surface area contributed by atoms with Crippen molar-refractivity contribution in [2.45, 2.75) is 13.3 Å². The number of ether oxygens (including phenoxy) is 1. The molecule has 1 fully saturated rings. The van der Waals surface area contributed by atoms with Gasteiger partial charge in [-0.25, -0.2) is 0 Å². The van der Waals surface area contributed by atoms with E-state index in [2.05, 4.69) is 5.32 Å². The number of methoxy groups -OCH3 is 1. The minimum absolute atomic E-state index is 0. The van der Waals surface area contributed by atoms with Crippen molar-refractivity contribution in [3.8, 4) is 5.75 Å². The molecule has 20 heavy (non-hydrogen) atoms. The molecule has 1 saturated heterocycles. The summed E-state index contributed by atoms with van der Waals surface area (Å²) in [4.78, 5) is 14.4. The van der Waals surface area contributed by atoms with E-state index < -0.39 is 0 Å². The van der Waals surface area contributed by atoms with Crippen molar-refractivity contribution in [2.75, 3.05) is 33.8 Å². The average Bonchev–Trinajstić information content (AvgIpc) is 2.87. The minimum atomic E-state index is 0. The molecule has 1 aliphatic rings. The minimum Gasteiger partial charge on any atom is -0.496 e. The van der Waals surface area contributed by atoms with Crippen LogP contribution < -0.4 is 10.1 Å². The second-order valence-corrected chi connectivity index (χ2v) is 5.15. The van der Waals surface area contributed by atoms with Gasteiger partial charge >= 0.3 is 0 Å². The smallest absolute Gasteiger partial charge is 0.253 e. The fraction of sp³-hybridized carbons (Fsp3) is 0.533. The van der Waals surface area contributed by atoms with Crippen LogP contribution in [0.5, 0.6) is 5.75 Å². The molecule has 0 aliphatic carbocycles. The zero-order valence-electron chi connectivity index (χ0n) is 12.3. The summed E-state index contributed by atoms with van der Waals surface area (Å²) < 4.78 is 5.28. The van der Waals surface area contributed by atoms with Crippen molar-refractivity contribution >= 4 is 18.3 Å². The number of hydrogen-bond donors (Lipinski definition) is 1. The standard InChI is InChI=1S/C15H22N2O2.ClH/c1-11-4-5-13(8-14(11)19-3)15(18)17-7-6-12(10-17)9-16-2;/h4-5,8,12,16H,6-7,9-10H2,1-3H3;1H. The first-order valence-electron chi connectivity index (χ1n) is 6.74. The van der Waals surface area contributed by atoms with Crippen LogP contribution in [0.25, 0.3) is 0 Å². The fourth-order valence-electron chi connectivity index (χ4n) is 2.61. The van der Waals surface area contributed by atoms with Gasteiger partial charge in [0.2, 0.25) is 0 Å². The van der Waals surface area contributed by atoms with Crippen molar-refractivity contribution in [1.29, 1.82) is 0 Å². The summed E-state index contributed by atoms with van der Waals surface area (Å²) >= 11 is 0. The summed E-state index contributed by atoms with van der Waals surface area (Å²) in [5.41, 5.74) is 1.76. The third-order valence-electron chi connectivity index (χ3n) is 3.72. The van der Waals surface area contributed by atoms with Crippen molar-refractivity contribution in [3.05, 3.63) is 29.3 Å². The first kappa shape index (κ1) is 16.8. The van der Waals surface area contributed by atoms with Crippen molar-refractivity contribution in [2.24, 2.45) is 5.92 Å². The highest BCUT2D eigenvalue weighted by Gasteiger charge is 2.26. The number of carbonyl (C=O) groups is 1. The quantitative estimate of drug-likeness (QED) is 0.926. The van der Waals surface area contributed by atoms with Crippen LogP contribution in [0, 0.1) is 12.8 Å². The Kier molecular flexibility index (Phi) is 6.30. The van der Waals surface area contributed by atoms with E-state index in [1.54, 1.807) is 7.11 Å². The summed E-state index contributed by atoms with van der Waals surface area (Å²) in [6, 6.07) is 5.65. The predicted octanol–water partition coefficient (Wildman–Crippen LogP) is 2.11. The molecular formula is C15H23ClN2O2. The highest BCUT2D eigenvalue weighted by molar-refractivity contribution is 5.95. The number of aryl methyl sites for hydroxylation is 1. The van der Waals surface area contributed by atoms with Gasteiger partial charge in [-0.1, -0.05) is 6.07 Å². The lowest BCUT2D eigenvalue weighted by Gasteiger charge is -2.17. The maximum Gasteiger partial charge on any atom is 0.253 e. The Hall–Kier alpha value is -1.26. The van der Waals surface area contributed by atoms with E-state index in [-0.39, 0.29) is 18.3 Å². The molecule has 1 amide bonds. The summed E-state index contributed by atoms with van der Waals surface area (Å²) in [7, 11) is 3.59. The monoisotopic (exact) mass is 298 g/mol. The predicted molar refractivity (Wildman–Crippen MR) is 82.9 cm³/mol. The number of hydrogen-bond acceptors (Lipinski definition) is 3. The molecule has 1 unspecified atom stereocenters. The lowest BCUT2D eigenvalue weighted by atomic mass is 10.1. The topological polar surface area (TPSA) is 41.6 Å². The summed E-state index contributed by atoms with van der Waals surface area (Å²) in [6.45, 7) is 4.64. The molecule has 1 atom stereocenters. The summed E-state index contributed by atoms with van der Waals surface area (Å²) in [5, 5.41) is 3.18. The van der Waals surface area contributed by atoms with Gasteiger partial charge in [0.1, 0.15) is 5.75 Å². The molecule has 1 aromatic rings. The number of amides is 1. The molecule has 1 aliphatic heterocycles. The highest BCUT2D eigenvalue weighted by Crippen LogP contribution is 2.22. The Bertz CT molecular complexity index is 465. The zero-order chi connectivity index (χ0) is 13.8. The van der Waals surface area contributed by atoms with Crippen molar-refractivity contribution < 1.29 is 9.53 Å². The number of rotatable bonds is 4. The van der Waals surface area contributed by atoms with Crippen LogP contribution in [0.3, 0.4) is 0 Å². The van der Waals surface area contributed by atoms with Gasteiger partial charge in [0.25, 0.3) is 5.91 Å². The largest absolute Gasteiger partial charge is 0.496 e. The molecule has 112 valence electrons. The van der Waals surface area contributed by atoms with E-state index in [0.717, 1.165) is 37.4 Å². The van der Waals surface area contributed by atoms with E-state index in [1.165, 1.54) is 0 Å². The number of nitrogens with one attached hydrogen (secondary N) is 1. The Labute approximate surface area is 126 Å². The van der Waals surface area contributed by atoms with E-state index in [4.69, 9.17) is 4.74 Å². The average molecular weight is 299 g/mol. The first-order chi connectivity index (χ1) is 9.15. The van der Waals surface area contributed by atoms with Gasteiger partial charge in [-0.3, -0.25) is 4.79 Å². The number of carbonyl (C=O) groups excluding carboxylic acids is 1. The molecule has 1 aromatic carbocycles. The van der Waals surface area contributed by atoms with Crippen molar-refractivity contribution in [3.63, 3.8) is 0 Å². The molecule has 5 heteroatoms. The maximum atomic E-state index is 12.4. The number of halogens is 1. The second-order valence-electron chi connectivity index (χ2n) is 5.15. The van der Waals surface area contributed by atoms with Gasteiger partial charge in [-0.2, -0.15) is 0 Å². The zero-order valence-corrected chi connectivity index (χ0v) is 13.1. The lowest BCUT2D eigenvalue weighted by Crippen LogP contribution is -2.30. The van der Waals surface area contributed by atoms with Crippen LogP contribution in [-0.2, 0) is 0 Å². The van der Waals surface area contributed by atoms with Crippen LogP contribution in [0.2, 0.25) is 0 Å². The summed E-state index contributed by atoms with van der Waals surface area (Å²) in [5.74, 6) is 1.45. The molecule has 1 heterocycles. The van der Waals surface area contributed by atoms with E-state index in [9.17, 15) is 4.79 Å². The van der Waals surface area contributed by atoms with E-state index in [0.29, 0.717) is 11.5 Å². The van der Waals surface area contributed by atoms with Gasteiger partial charge in [0.05, 0.1) is 7.11 Å². The maximum absolute atomic E-state index is 12.4. The highest BCUT2D eigenvalue weighted by atomic mass is 35.5. The molecule has 0 bridgehead atoms. The third-order valence-corrected chi connectivity index (χ3v) is 3.72. The van der Waals surface area contributed by atoms with Crippen LogP contribution >= 0.6 is 12.4 Å². The van der Waals surface area contributed by atoms with Crippen LogP contribution in [0.4, 0.5) is 0 Å². The van der Waals surface area contributed by atoms with Gasteiger partial charge in [0, 0.05) is 18.7 Å². The van der Waals surface area contributed by atoms with Crippen LogP contribution in [-0.4, -0.2) is 44.6 Å². The fourth-order valence-corrected chi connectivity index (χ4v) is 2.61. The Balaban J connectivity index is 0.00000200. The molecule has 0 spiro atoms. The third kappa shape index (κ3) is 3.64. The van der Waals surface area contributed by atoms with Crippen LogP contribution in [0.1, 0.15) is 22.3 Å². The van der Waals surface area contributed by atoms with Gasteiger partial charge in [0.15, 0.2) is 0 Å². The number of nitrogens with zero attached hydrogens (tertiary/aromatic N) is 1. The molecule has 2 rings (SSSR count). The van der Waals surface area contributed by atoms with Gasteiger partial charge in [-0.15, -0.1) is 12.4 Å². The lowest BCUT2D eigenvalue weighted by molar-refractivity contribution is 0.0787. The van der Waals surface area contributed by atoms with Crippen LogP contribution in [0.15, 0.2) is 18.2 Å². The number of likely N-dealkylation sites (tertiary alicyclic amines) is 1. The Morgan fingerprint density at radius 1 is 1.50 bits per heavy atom. The molecule has 4 nitrogen and oxygen atoms in total. The molecule has 0 radical (unpaired) electrons. The van der Waals surface area contributed by atoms with Gasteiger partial charge < -0.3 is 15.0 Å². The number of benzene rings is 1. The molecule has 1 N–H and O–H groups in total. The van der Waals surface area contributed by atoms with E-state index in [1.807, 2.05) is 37.1 Å². The first-order valence-corrected chi connectivity index (χ1v) is 6.74. The normalized spacial score (nSPS) is 17.8. The Morgan fingerprint density at radius 3 is 2.90 bits per heavy atom. The molecule has 0 saturated carbocycles. The second kappa shape index (κ2) is 7.50.